The lowest BCUT2D eigenvalue weighted by atomic mass is 10.4. The van der Waals surface area contributed by atoms with Gasteiger partial charge in [0, 0.05) is 18.3 Å². The summed E-state index contributed by atoms with van der Waals surface area (Å²) in [7, 11) is 0. The lowest BCUT2D eigenvalue weighted by Gasteiger charge is -2.11. The molecule has 1 saturated carbocycles. The van der Waals surface area contributed by atoms with Crippen molar-refractivity contribution in [1.29, 1.82) is 0 Å². The van der Waals surface area contributed by atoms with E-state index in [1.807, 2.05) is 24.5 Å². The van der Waals surface area contributed by atoms with Crippen LogP contribution in [0.15, 0.2) is 30.7 Å². The van der Waals surface area contributed by atoms with Crippen LogP contribution in [0.1, 0.15) is 32.7 Å². The highest BCUT2D eigenvalue weighted by Crippen LogP contribution is 2.29. The van der Waals surface area contributed by atoms with Crippen molar-refractivity contribution in [2.24, 2.45) is 0 Å². The summed E-state index contributed by atoms with van der Waals surface area (Å²) in [5.74, 6) is 2.04. The lowest BCUT2D eigenvalue weighted by Crippen LogP contribution is -2.09. The van der Waals surface area contributed by atoms with Crippen LogP contribution in [0.25, 0.3) is 11.2 Å². The van der Waals surface area contributed by atoms with E-state index >= 15 is 0 Å². The summed E-state index contributed by atoms with van der Waals surface area (Å²) in [6.07, 6.45) is 5.92. The fourth-order valence-electron chi connectivity index (χ4n) is 2.42. The molecule has 23 heavy (non-hydrogen) atoms. The summed E-state index contributed by atoms with van der Waals surface area (Å²) in [5, 5.41) is 6.62. The van der Waals surface area contributed by atoms with Crippen LogP contribution in [-0.4, -0.2) is 30.5 Å². The Kier molecular flexibility index (Phi) is 3.33. The van der Waals surface area contributed by atoms with Gasteiger partial charge in [-0.15, -0.1) is 0 Å². The van der Waals surface area contributed by atoms with Crippen molar-refractivity contribution in [2.45, 2.75) is 38.8 Å². The Labute approximate surface area is 134 Å². The third-order valence-electron chi connectivity index (χ3n) is 3.80. The minimum Gasteiger partial charge on any atom is -0.365 e. The van der Waals surface area contributed by atoms with Crippen LogP contribution in [0, 0.1) is 0 Å². The average molecular weight is 309 g/mol. The van der Waals surface area contributed by atoms with Gasteiger partial charge in [0.2, 0.25) is 5.95 Å². The van der Waals surface area contributed by atoms with Crippen LogP contribution in [0.3, 0.4) is 0 Å². The molecule has 118 valence electrons. The Hall–Kier alpha value is -2.70. The van der Waals surface area contributed by atoms with Gasteiger partial charge in [-0.25, -0.2) is 9.97 Å². The molecule has 7 nitrogen and oxygen atoms in total. The maximum atomic E-state index is 4.64. The maximum absolute atomic E-state index is 4.64. The molecule has 1 fully saturated rings. The Balaban J connectivity index is 1.78. The molecule has 3 heterocycles. The molecule has 0 unspecified atom stereocenters. The highest BCUT2D eigenvalue weighted by molar-refractivity contribution is 5.85. The van der Waals surface area contributed by atoms with Gasteiger partial charge in [-0.2, -0.15) is 9.97 Å². The molecule has 0 saturated heterocycles. The van der Waals surface area contributed by atoms with Crippen molar-refractivity contribution >= 4 is 28.7 Å². The topological polar surface area (TPSA) is 80.5 Å². The molecule has 0 radical (unpaired) electrons. The summed E-state index contributed by atoms with van der Waals surface area (Å²) >= 11 is 0. The van der Waals surface area contributed by atoms with E-state index in [4.69, 9.17) is 0 Å². The summed E-state index contributed by atoms with van der Waals surface area (Å²) in [5.41, 5.74) is 1.65. The van der Waals surface area contributed by atoms with Crippen molar-refractivity contribution in [3.8, 4) is 0 Å². The van der Waals surface area contributed by atoms with Gasteiger partial charge in [0.15, 0.2) is 17.0 Å². The zero-order valence-corrected chi connectivity index (χ0v) is 13.2. The van der Waals surface area contributed by atoms with Crippen molar-refractivity contribution in [3.05, 3.63) is 30.7 Å². The number of hydrogen-bond acceptors (Lipinski definition) is 6. The van der Waals surface area contributed by atoms with Gasteiger partial charge in [0.05, 0.1) is 6.33 Å². The first-order valence-corrected chi connectivity index (χ1v) is 7.90. The zero-order valence-electron chi connectivity index (χ0n) is 13.2. The monoisotopic (exact) mass is 309 g/mol. The summed E-state index contributed by atoms with van der Waals surface area (Å²) in [6.45, 7) is 4.23. The van der Waals surface area contributed by atoms with E-state index in [2.05, 4.69) is 49.0 Å². The van der Waals surface area contributed by atoms with Gasteiger partial charge in [-0.3, -0.25) is 0 Å². The molecular weight excluding hydrogens is 290 g/mol. The maximum Gasteiger partial charge on any atom is 0.232 e. The third-order valence-corrected chi connectivity index (χ3v) is 3.80. The number of nitrogens with one attached hydrogen (secondary N) is 2. The normalized spacial score (nSPS) is 14.4. The SMILES string of the molecule is CC(C)n1cnc2c(NC3CC3)nc(Nc3ccccn3)nc21. The summed E-state index contributed by atoms with van der Waals surface area (Å²) < 4.78 is 2.05. The molecule has 1 aliphatic rings. The van der Waals surface area contributed by atoms with E-state index in [9.17, 15) is 0 Å². The quantitative estimate of drug-likeness (QED) is 0.753. The Bertz CT molecular complexity index is 821. The number of rotatable bonds is 5. The second-order valence-electron chi connectivity index (χ2n) is 6.07. The van der Waals surface area contributed by atoms with Crippen LogP contribution in [0.4, 0.5) is 17.6 Å². The molecule has 3 aromatic heterocycles. The molecule has 1 aliphatic carbocycles. The van der Waals surface area contributed by atoms with E-state index in [-0.39, 0.29) is 6.04 Å². The number of anilines is 3. The van der Waals surface area contributed by atoms with Gasteiger partial charge >= 0.3 is 0 Å². The standard InChI is InChI=1S/C16H19N7/c1-10(2)23-9-18-13-14(19-11-6-7-11)21-16(22-15(13)23)20-12-5-3-4-8-17-12/h3-5,8-11H,6-7H2,1-2H3,(H2,17,19,20,21,22). The molecule has 0 atom stereocenters. The Morgan fingerprint density at radius 2 is 2.04 bits per heavy atom. The number of imidazole rings is 1. The smallest absolute Gasteiger partial charge is 0.232 e. The molecule has 3 aromatic rings. The second-order valence-corrected chi connectivity index (χ2v) is 6.07. The molecular formula is C16H19N7. The van der Waals surface area contributed by atoms with Crippen LogP contribution in [0.5, 0.6) is 0 Å². The number of nitrogens with zero attached hydrogens (tertiary/aromatic N) is 5. The predicted octanol–water partition coefficient (Wildman–Crippen LogP) is 3.12. The van der Waals surface area contributed by atoms with Gasteiger partial charge in [0.1, 0.15) is 5.82 Å². The first-order valence-electron chi connectivity index (χ1n) is 7.90. The minimum atomic E-state index is 0.284. The molecule has 0 spiro atoms. The number of fused-ring (bicyclic) bond motifs is 1. The average Bonchev–Trinajstić information content (AvgIpc) is 3.24. The van der Waals surface area contributed by atoms with E-state index < -0.39 is 0 Å². The Morgan fingerprint density at radius 3 is 2.74 bits per heavy atom. The number of pyridine rings is 1. The second kappa shape index (κ2) is 5.49. The number of aromatic nitrogens is 5. The molecule has 0 bridgehead atoms. The first kappa shape index (κ1) is 13.9. The molecule has 7 heteroatoms. The van der Waals surface area contributed by atoms with Crippen molar-refractivity contribution in [2.75, 3.05) is 10.6 Å². The van der Waals surface area contributed by atoms with E-state index in [0.29, 0.717) is 12.0 Å². The molecule has 0 amide bonds. The van der Waals surface area contributed by atoms with Crippen LogP contribution >= 0.6 is 0 Å². The van der Waals surface area contributed by atoms with Crippen molar-refractivity contribution in [3.63, 3.8) is 0 Å². The fraction of sp³-hybridized carbons (Fsp3) is 0.375. The van der Waals surface area contributed by atoms with Crippen molar-refractivity contribution in [1.82, 2.24) is 24.5 Å². The largest absolute Gasteiger partial charge is 0.365 e. The minimum absolute atomic E-state index is 0.284. The lowest BCUT2D eigenvalue weighted by molar-refractivity contribution is 0.613. The molecule has 4 rings (SSSR count). The zero-order chi connectivity index (χ0) is 15.8. The highest BCUT2D eigenvalue weighted by atomic mass is 15.2. The van der Waals surface area contributed by atoms with Crippen molar-refractivity contribution < 1.29 is 0 Å². The van der Waals surface area contributed by atoms with E-state index in [1.165, 1.54) is 12.8 Å². The highest BCUT2D eigenvalue weighted by Gasteiger charge is 2.24. The molecule has 0 aromatic carbocycles. The summed E-state index contributed by atoms with van der Waals surface area (Å²) in [4.78, 5) is 18.0. The number of hydrogen-bond donors (Lipinski definition) is 2. The van der Waals surface area contributed by atoms with Gasteiger partial charge < -0.3 is 15.2 Å². The fourth-order valence-corrected chi connectivity index (χ4v) is 2.42. The van der Waals surface area contributed by atoms with Crippen LogP contribution in [-0.2, 0) is 0 Å². The molecule has 2 N–H and O–H groups in total. The van der Waals surface area contributed by atoms with Gasteiger partial charge in [0.25, 0.3) is 0 Å². The van der Waals surface area contributed by atoms with Crippen LogP contribution < -0.4 is 10.6 Å². The summed E-state index contributed by atoms with van der Waals surface area (Å²) in [6, 6.07) is 6.48. The molecule has 0 aliphatic heterocycles. The van der Waals surface area contributed by atoms with Gasteiger partial charge in [-0.1, -0.05) is 6.07 Å². The predicted molar refractivity (Wildman–Crippen MR) is 89.9 cm³/mol. The van der Waals surface area contributed by atoms with E-state index in [0.717, 1.165) is 22.8 Å². The Morgan fingerprint density at radius 1 is 1.17 bits per heavy atom. The van der Waals surface area contributed by atoms with Crippen LogP contribution in [0.2, 0.25) is 0 Å². The van der Waals surface area contributed by atoms with E-state index in [1.54, 1.807) is 6.20 Å². The third kappa shape index (κ3) is 2.81. The van der Waals surface area contributed by atoms with Gasteiger partial charge in [-0.05, 0) is 38.8 Å². The first-order chi connectivity index (χ1) is 11.2.